The Hall–Kier alpha value is -2.08. The molecular formula is C20H23Cl2N3O2. The zero-order valence-corrected chi connectivity index (χ0v) is 16.7. The highest BCUT2D eigenvalue weighted by Crippen LogP contribution is 2.25. The normalized spacial score (nSPS) is 10.7. The lowest BCUT2D eigenvalue weighted by Gasteiger charge is -2.21. The second-order valence-corrected chi connectivity index (χ2v) is 6.99. The van der Waals surface area contributed by atoms with Crippen molar-refractivity contribution in [2.75, 3.05) is 25.0 Å². The van der Waals surface area contributed by atoms with E-state index in [9.17, 15) is 9.59 Å². The maximum Gasteiger partial charge on any atom is 0.238 e. The molecule has 2 amide bonds. The molecule has 0 heterocycles. The fraction of sp³-hybridized carbons (Fsp3) is 0.300. The van der Waals surface area contributed by atoms with Crippen molar-refractivity contribution in [3.63, 3.8) is 0 Å². The smallest absolute Gasteiger partial charge is 0.238 e. The lowest BCUT2D eigenvalue weighted by atomic mass is 10.2. The predicted molar refractivity (Wildman–Crippen MR) is 110 cm³/mol. The summed E-state index contributed by atoms with van der Waals surface area (Å²) in [6.45, 7) is 3.36. The molecule has 0 aromatic heterocycles. The lowest BCUT2D eigenvalue weighted by molar-refractivity contribution is -0.123. The van der Waals surface area contributed by atoms with Crippen LogP contribution in [0, 0.1) is 0 Å². The van der Waals surface area contributed by atoms with Crippen molar-refractivity contribution in [3.05, 3.63) is 64.1 Å². The molecule has 5 nitrogen and oxygen atoms in total. The van der Waals surface area contributed by atoms with Crippen LogP contribution in [0.25, 0.3) is 0 Å². The molecule has 0 aliphatic rings. The number of amides is 2. The Bertz CT molecular complexity index is 769. The number of rotatable bonds is 9. The van der Waals surface area contributed by atoms with Gasteiger partial charge in [0.15, 0.2) is 0 Å². The van der Waals surface area contributed by atoms with Crippen molar-refractivity contribution in [1.29, 1.82) is 0 Å². The van der Waals surface area contributed by atoms with Gasteiger partial charge in [0.25, 0.3) is 0 Å². The molecule has 0 saturated heterocycles. The maximum atomic E-state index is 12.3. The van der Waals surface area contributed by atoms with E-state index in [1.54, 1.807) is 23.1 Å². The van der Waals surface area contributed by atoms with Crippen LogP contribution in [-0.4, -0.2) is 36.3 Å². The zero-order chi connectivity index (χ0) is 19.6. The standard InChI is InChI=1S/C20H23Cl2N3O2/c1-2-10-25(13-19(26)23-12-15-6-4-3-5-7-15)14-20(27)24-18-9-8-16(21)11-17(18)22/h3-9,11H,2,10,12-14H2,1H3,(H,23,26)(H,24,27). The Morgan fingerprint density at radius 3 is 2.37 bits per heavy atom. The van der Waals surface area contributed by atoms with E-state index in [4.69, 9.17) is 23.2 Å². The molecule has 7 heteroatoms. The second-order valence-electron chi connectivity index (χ2n) is 6.15. The Balaban J connectivity index is 1.86. The van der Waals surface area contributed by atoms with E-state index in [0.29, 0.717) is 28.8 Å². The van der Waals surface area contributed by atoms with Crippen LogP contribution in [-0.2, 0) is 16.1 Å². The molecule has 27 heavy (non-hydrogen) atoms. The summed E-state index contributed by atoms with van der Waals surface area (Å²) in [5, 5.41) is 6.51. The molecule has 144 valence electrons. The average Bonchev–Trinajstić information content (AvgIpc) is 2.63. The van der Waals surface area contributed by atoms with Crippen molar-refractivity contribution >= 4 is 40.7 Å². The SMILES string of the molecule is CCCN(CC(=O)NCc1ccccc1)CC(=O)Nc1ccc(Cl)cc1Cl. The average molecular weight is 408 g/mol. The first-order valence-corrected chi connectivity index (χ1v) is 9.51. The van der Waals surface area contributed by atoms with Gasteiger partial charge >= 0.3 is 0 Å². The summed E-state index contributed by atoms with van der Waals surface area (Å²) in [5.41, 5.74) is 1.53. The number of hydrogen-bond acceptors (Lipinski definition) is 3. The Morgan fingerprint density at radius 2 is 1.70 bits per heavy atom. The zero-order valence-electron chi connectivity index (χ0n) is 15.2. The molecule has 2 N–H and O–H groups in total. The van der Waals surface area contributed by atoms with E-state index in [1.807, 2.05) is 37.3 Å². The van der Waals surface area contributed by atoms with Gasteiger partial charge in [0.1, 0.15) is 0 Å². The minimum Gasteiger partial charge on any atom is -0.351 e. The maximum absolute atomic E-state index is 12.3. The number of carbonyl (C=O) groups is 2. The van der Waals surface area contributed by atoms with Crippen molar-refractivity contribution < 1.29 is 9.59 Å². The van der Waals surface area contributed by atoms with E-state index in [2.05, 4.69) is 10.6 Å². The second kappa shape index (κ2) is 10.9. The molecule has 0 saturated carbocycles. The van der Waals surface area contributed by atoms with Crippen molar-refractivity contribution in [1.82, 2.24) is 10.2 Å². The van der Waals surface area contributed by atoms with Gasteiger partial charge in [-0.25, -0.2) is 0 Å². The number of benzene rings is 2. The van der Waals surface area contributed by atoms with Gasteiger partial charge in [-0.05, 0) is 36.7 Å². The van der Waals surface area contributed by atoms with E-state index in [-0.39, 0.29) is 24.9 Å². The molecule has 2 aromatic rings. The summed E-state index contributed by atoms with van der Waals surface area (Å²) in [6.07, 6.45) is 0.834. The third-order valence-corrected chi connectivity index (χ3v) is 4.36. The van der Waals surface area contributed by atoms with Crippen LogP contribution in [0.15, 0.2) is 48.5 Å². The quantitative estimate of drug-likeness (QED) is 0.660. The third kappa shape index (κ3) is 7.59. The van der Waals surface area contributed by atoms with Gasteiger partial charge in [0.05, 0.1) is 23.8 Å². The van der Waals surface area contributed by atoms with Crippen molar-refractivity contribution in [2.24, 2.45) is 0 Å². The van der Waals surface area contributed by atoms with Crippen LogP contribution in [0.3, 0.4) is 0 Å². The third-order valence-electron chi connectivity index (χ3n) is 3.81. The van der Waals surface area contributed by atoms with Gasteiger partial charge in [0.2, 0.25) is 11.8 Å². The highest BCUT2D eigenvalue weighted by molar-refractivity contribution is 6.36. The Labute approximate surface area is 169 Å². The molecule has 2 aromatic carbocycles. The van der Waals surface area contributed by atoms with Gasteiger partial charge in [0, 0.05) is 11.6 Å². The molecule has 0 aliphatic heterocycles. The van der Waals surface area contributed by atoms with Crippen LogP contribution in [0.2, 0.25) is 10.0 Å². The number of nitrogens with zero attached hydrogens (tertiary/aromatic N) is 1. The van der Waals surface area contributed by atoms with Crippen molar-refractivity contribution in [3.8, 4) is 0 Å². The van der Waals surface area contributed by atoms with Gasteiger partial charge in [-0.3, -0.25) is 14.5 Å². The number of hydrogen-bond donors (Lipinski definition) is 2. The minimum absolute atomic E-state index is 0.103. The van der Waals surface area contributed by atoms with Crippen LogP contribution in [0.5, 0.6) is 0 Å². The molecule has 0 atom stereocenters. The number of halogens is 2. The first-order valence-electron chi connectivity index (χ1n) is 8.75. The number of carbonyl (C=O) groups excluding carboxylic acids is 2. The monoisotopic (exact) mass is 407 g/mol. The first kappa shape index (κ1) is 21.2. The van der Waals surface area contributed by atoms with E-state index < -0.39 is 0 Å². The van der Waals surface area contributed by atoms with E-state index in [0.717, 1.165) is 12.0 Å². The Morgan fingerprint density at radius 1 is 1.00 bits per heavy atom. The van der Waals surface area contributed by atoms with E-state index >= 15 is 0 Å². The molecule has 0 aliphatic carbocycles. The summed E-state index contributed by atoms with van der Waals surface area (Å²) < 4.78 is 0. The van der Waals surface area contributed by atoms with Crippen LogP contribution in [0.1, 0.15) is 18.9 Å². The number of anilines is 1. The molecule has 0 unspecified atom stereocenters. The van der Waals surface area contributed by atoms with Gasteiger partial charge in [-0.15, -0.1) is 0 Å². The van der Waals surface area contributed by atoms with Gasteiger partial charge in [-0.2, -0.15) is 0 Å². The van der Waals surface area contributed by atoms with Gasteiger partial charge < -0.3 is 10.6 Å². The Kier molecular flexibility index (Phi) is 8.58. The largest absolute Gasteiger partial charge is 0.351 e. The summed E-state index contributed by atoms with van der Waals surface area (Å²) in [7, 11) is 0. The van der Waals surface area contributed by atoms with Crippen LogP contribution < -0.4 is 10.6 Å². The molecule has 0 spiro atoms. The fourth-order valence-corrected chi connectivity index (χ4v) is 3.03. The van der Waals surface area contributed by atoms with E-state index in [1.165, 1.54) is 0 Å². The lowest BCUT2D eigenvalue weighted by Crippen LogP contribution is -2.41. The summed E-state index contributed by atoms with van der Waals surface area (Å²) >= 11 is 11.9. The highest BCUT2D eigenvalue weighted by atomic mass is 35.5. The first-order chi connectivity index (χ1) is 13.0. The molecule has 0 radical (unpaired) electrons. The molecule has 0 fully saturated rings. The molecule has 0 bridgehead atoms. The van der Waals surface area contributed by atoms with Crippen LogP contribution >= 0.6 is 23.2 Å². The van der Waals surface area contributed by atoms with Crippen LogP contribution in [0.4, 0.5) is 5.69 Å². The van der Waals surface area contributed by atoms with Gasteiger partial charge in [-0.1, -0.05) is 60.5 Å². The molecular weight excluding hydrogens is 385 g/mol. The highest BCUT2D eigenvalue weighted by Gasteiger charge is 2.15. The van der Waals surface area contributed by atoms with Crippen molar-refractivity contribution in [2.45, 2.75) is 19.9 Å². The molecule has 2 rings (SSSR count). The summed E-state index contributed by atoms with van der Waals surface area (Å²) in [4.78, 5) is 26.3. The topological polar surface area (TPSA) is 61.4 Å². The summed E-state index contributed by atoms with van der Waals surface area (Å²) in [5.74, 6) is -0.354. The fourth-order valence-electron chi connectivity index (χ4n) is 2.57. The number of nitrogens with one attached hydrogen (secondary N) is 2. The summed E-state index contributed by atoms with van der Waals surface area (Å²) in [6, 6.07) is 14.6. The predicted octanol–water partition coefficient (Wildman–Crippen LogP) is 3.96. The minimum atomic E-state index is -0.233.